The number of thiazole rings is 1. The molecular weight excluding hydrogens is 362 g/mol. The minimum absolute atomic E-state index is 0.174. The van der Waals surface area contributed by atoms with Crippen LogP contribution in [0.1, 0.15) is 5.56 Å². The van der Waals surface area contributed by atoms with E-state index in [0.29, 0.717) is 10.5 Å². The SMILES string of the molecule is COC1=CC=C/C(=C\c2c(N)n3c(-c4ccccc4)csc3nc2=O)C1=O. The molecule has 0 saturated heterocycles. The van der Waals surface area contributed by atoms with Crippen LogP contribution in [0.4, 0.5) is 5.82 Å². The van der Waals surface area contributed by atoms with E-state index in [4.69, 9.17) is 10.5 Å². The van der Waals surface area contributed by atoms with Gasteiger partial charge in [-0.25, -0.2) is 0 Å². The Balaban J connectivity index is 1.91. The predicted molar refractivity (Wildman–Crippen MR) is 106 cm³/mol. The van der Waals surface area contributed by atoms with Crippen LogP contribution in [0.5, 0.6) is 0 Å². The van der Waals surface area contributed by atoms with E-state index >= 15 is 0 Å². The van der Waals surface area contributed by atoms with E-state index in [1.54, 1.807) is 22.6 Å². The van der Waals surface area contributed by atoms with Crippen LogP contribution in [0.2, 0.25) is 0 Å². The summed E-state index contributed by atoms with van der Waals surface area (Å²) in [6.07, 6.45) is 6.34. The van der Waals surface area contributed by atoms with Crippen molar-refractivity contribution in [2.24, 2.45) is 0 Å². The van der Waals surface area contributed by atoms with Gasteiger partial charge in [0.05, 0.1) is 18.4 Å². The summed E-state index contributed by atoms with van der Waals surface area (Å²) >= 11 is 1.34. The lowest BCUT2D eigenvalue weighted by Crippen LogP contribution is -2.18. The van der Waals surface area contributed by atoms with Crippen molar-refractivity contribution in [2.45, 2.75) is 0 Å². The summed E-state index contributed by atoms with van der Waals surface area (Å²) in [4.78, 5) is 29.5. The zero-order chi connectivity index (χ0) is 19.0. The monoisotopic (exact) mass is 377 g/mol. The zero-order valence-electron chi connectivity index (χ0n) is 14.4. The number of ether oxygens (including phenoxy) is 1. The fourth-order valence-electron chi connectivity index (χ4n) is 2.91. The lowest BCUT2D eigenvalue weighted by molar-refractivity contribution is -0.114. The molecule has 0 radical (unpaired) electrons. The van der Waals surface area contributed by atoms with Crippen LogP contribution in [0.3, 0.4) is 0 Å². The third-order valence-corrected chi connectivity index (χ3v) is 5.08. The van der Waals surface area contributed by atoms with E-state index in [1.165, 1.54) is 24.5 Å². The number of ketones is 1. The van der Waals surface area contributed by atoms with E-state index in [1.807, 2.05) is 35.7 Å². The van der Waals surface area contributed by atoms with Gasteiger partial charge in [0, 0.05) is 11.0 Å². The number of nitrogen functional groups attached to an aromatic ring is 1. The number of anilines is 1. The average Bonchev–Trinajstić information content (AvgIpc) is 3.11. The number of benzene rings is 1. The number of allylic oxidation sites excluding steroid dienone is 4. The van der Waals surface area contributed by atoms with Crippen LogP contribution in [0, 0.1) is 0 Å². The van der Waals surface area contributed by atoms with Gasteiger partial charge in [-0.2, -0.15) is 4.98 Å². The standard InChI is InChI=1S/C20H15N3O3S/c1-26-16-9-5-8-13(17(16)24)10-14-18(21)23-15(12-6-3-2-4-7-12)11-27-20(23)22-19(14)25/h2-11H,21H2,1H3/b13-10+. The molecule has 6 nitrogen and oxygen atoms in total. The van der Waals surface area contributed by atoms with Gasteiger partial charge in [-0.1, -0.05) is 42.5 Å². The van der Waals surface area contributed by atoms with Gasteiger partial charge in [-0.15, -0.1) is 11.3 Å². The van der Waals surface area contributed by atoms with Gasteiger partial charge in [-0.3, -0.25) is 14.0 Å². The van der Waals surface area contributed by atoms with E-state index in [0.717, 1.165) is 11.3 Å². The summed E-state index contributed by atoms with van der Waals surface area (Å²) in [5, 5.41) is 1.90. The molecule has 0 atom stereocenters. The lowest BCUT2D eigenvalue weighted by Gasteiger charge is -2.11. The fraction of sp³-hybridized carbons (Fsp3) is 0.0500. The molecule has 1 aromatic carbocycles. The highest BCUT2D eigenvalue weighted by Crippen LogP contribution is 2.28. The molecule has 0 spiro atoms. The molecule has 2 heterocycles. The molecule has 2 aromatic heterocycles. The molecule has 1 aliphatic carbocycles. The molecule has 0 aliphatic heterocycles. The molecular formula is C20H15N3O3S. The Morgan fingerprint density at radius 2 is 2.00 bits per heavy atom. The maximum absolute atomic E-state index is 12.5. The Labute approximate surface area is 158 Å². The molecule has 1 aliphatic rings. The van der Waals surface area contributed by atoms with E-state index in [9.17, 15) is 9.59 Å². The first-order valence-electron chi connectivity index (χ1n) is 8.14. The fourth-order valence-corrected chi connectivity index (χ4v) is 3.80. The summed E-state index contributed by atoms with van der Waals surface area (Å²) < 4.78 is 6.79. The van der Waals surface area contributed by atoms with Gasteiger partial charge in [0.15, 0.2) is 10.7 Å². The average molecular weight is 377 g/mol. The first-order valence-corrected chi connectivity index (χ1v) is 9.02. The minimum atomic E-state index is -0.476. The zero-order valence-corrected chi connectivity index (χ0v) is 15.2. The van der Waals surface area contributed by atoms with E-state index in [-0.39, 0.29) is 22.9 Å². The molecule has 27 heavy (non-hydrogen) atoms. The molecule has 3 aromatic rings. The Bertz CT molecular complexity index is 1200. The Morgan fingerprint density at radius 3 is 2.74 bits per heavy atom. The summed E-state index contributed by atoms with van der Waals surface area (Å²) in [6.45, 7) is 0. The van der Waals surface area contributed by atoms with Crippen molar-refractivity contribution >= 4 is 34.0 Å². The predicted octanol–water partition coefficient (Wildman–Crippen LogP) is 3.06. The summed E-state index contributed by atoms with van der Waals surface area (Å²) in [5.41, 5.74) is 8.14. The number of methoxy groups -OCH3 is 1. The molecule has 0 bridgehead atoms. The first-order chi connectivity index (χ1) is 13.1. The molecule has 7 heteroatoms. The van der Waals surface area contributed by atoms with Crippen molar-refractivity contribution < 1.29 is 9.53 Å². The van der Waals surface area contributed by atoms with E-state index in [2.05, 4.69) is 4.98 Å². The third kappa shape index (κ3) is 2.88. The topological polar surface area (TPSA) is 86.7 Å². The van der Waals surface area contributed by atoms with Crippen molar-refractivity contribution in [1.82, 2.24) is 9.38 Å². The number of carbonyl (C=O) groups excluding carboxylic acids is 1. The third-order valence-electron chi connectivity index (χ3n) is 4.25. The Morgan fingerprint density at radius 1 is 1.22 bits per heavy atom. The molecule has 4 rings (SSSR count). The van der Waals surface area contributed by atoms with Crippen LogP contribution < -0.4 is 11.3 Å². The highest BCUT2D eigenvalue weighted by Gasteiger charge is 2.19. The van der Waals surface area contributed by atoms with Gasteiger partial charge in [0.25, 0.3) is 5.56 Å². The number of rotatable bonds is 3. The summed E-state index contributed by atoms with van der Waals surface area (Å²) in [7, 11) is 1.43. The number of hydrogen-bond donors (Lipinski definition) is 1. The number of fused-ring (bicyclic) bond motifs is 1. The number of aromatic nitrogens is 2. The lowest BCUT2D eigenvalue weighted by atomic mass is 10.0. The van der Waals surface area contributed by atoms with E-state index < -0.39 is 5.56 Å². The molecule has 2 N–H and O–H groups in total. The smallest absolute Gasteiger partial charge is 0.283 e. The van der Waals surface area contributed by atoms with Crippen molar-refractivity contribution in [1.29, 1.82) is 0 Å². The van der Waals surface area contributed by atoms with Crippen LogP contribution in [-0.2, 0) is 9.53 Å². The number of nitrogens with two attached hydrogens (primary N) is 1. The largest absolute Gasteiger partial charge is 0.493 e. The van der Waals surface area contributed by atoms with Crippen molar-refractivity contribution in [3.8, 4) is 11.3 Å². The van der Waals surface area contributed by atoms with Gasteiger partial charge in [0.2, 0.25) is 5.78 Å². The van der Waals surface area contributed by atoms with Gasteiger partial charge < -0.3 is 10.5 Å². The normalized spacial score (nSPS) is 15.4. The minimum Gasteiger partial charge on any atom is -0.493 e. The quantitative estimate of drug-likeness (QED) is 0.709. The Hall–Kier alpha value is -3.45. The van der Waals surface area contributed by atoms with Gasteiger partial charge >= 0.3 is 0 Å². The number of nitrogens with zero attached hydrogens (tertiary/aromatic N) is 2. The van der Waals surface area contributed by atoms with Gasteiger partial charge in [0.1, 0.15) is 5.82 Å². The summed E-state index contributed by atoms with van der Waals surface area (Å²) in [6, 6.07) is 9.70. The molecule has 0 saturated carbocycles. The highest BCUT2D eigenvalue weighted by atomic mass is 32.1. The molecule has 0 amide bonds. The van der Waals surface area contributed by atoms with Crippen LogP contribution >= 0.6 is 11.3 Å². The van der Waals surface area contributed by atoms with Crippen LogP contribution in [0.15, 0.2) is 70.1 Å². The molecule has 134 valence electrons. The number of carbonyl (C=O) groups is 1. The second kappa shape index (κ2) is 6.69. The number of Topliss-reactive ketones (excluding diaryl/α,β-unsaturated/α-hetero) is 1. The first kappa shape index (κ1) is 17.0. The summed E-state index contributed by atoms with van der Waals surface area (Å²) in [5.74, 6) is 0.141. The number of hydrogen-bond acceptors (Lipinski definition) is 6. The second-order valence-corrected chi connectivity index (χ2v) is 6.68. The highest BCUT2D eigenvalue weighted by molar-refractivity contribution is 7.15. The van der Waals surface area contributed by atoms with Crippen molar-refractivity contribution in [3.63, 3.8) is 0 Å². The molecule has 0 fully saturated rings. The van der Waals surface area contributed by atoms with Crippen molar-refractivity contribution in [3.05, 3.63) is 81.2 Å². The Kier molecular flexibility index (Phi) is 4.21. The molecule has 0 unspecified atom stereocenters. The van der Waals surface area contributed by atoms with Crippen LogP contribution in [0.25, 0.3) is 22.3 Å². The maximum atomic E-state index is 12.5. The second-order valence-electron chi connectivity index (χ2n) is 5.84. The van der Waals surface area contributed by atoms with Gasteiger partial charge in [-0.05, 0) is 17.7 Å². The van der Waals surface area contributed by atoms with Crippen molar-refractivity contribution in [2.75, 3.05) is 12.8 Å². The maximum Gasteiger partial charge on any atom is 0.283 e. The van der Waals surface area contributed by atoms with Crippen LogP contribution in [-0.4, -0.2) is 22.3 Å².